The summed E-state index contributed by atoms with van der Waals surface area (Å²) in [5.74, 6) is 3.21. The standard InChI is InChI=1S/C14H26N4/c1-6-8-18(9-7-2)13-10-12(15-5)16-14(17-13)11(3)4/h10-11H,6-9H2,1-5H3,(H,15,16,17). The van der Waals surface area contributed by atoms with Crippen LogP contribution in [0.2, 0.25) is 0 Å². The van der Waals surface area contributed by atoms with E-state index in [0.29, 0.717) is 5.92 Å². The molecular formula is C14H26N4. The molecule has 4 heteroatoms. The van der Waals surface area contributed by atoms with E-state index in [1.165, 1.54) is 0 Å². The first kappa shape index (κ1) is 14.7. The Bertz CT molecular complexity index is 357. The second-order valence-electron chi connectivity index (χ2n) is 4.86. The maximum atomic E-state index is 4.69. The van der Waals surface area contributed by atoms with Crippen LogP contribution in [0.25, 0.3) is 0 Å². The van der Waals surface area contributed by atoms with Gasteiger partial charge in [0.1, 0.15) is 17.5 Å². The zero-order valence-electron chi connectivity index (χ0n) is 12.3. The van der Waals surface area contributed by atoms with Crippen molar-refractivity contribution in [3.63, 3.8) is 0 Å². The molecule has 4 nitrogen and oxygen atoms in total. The van der Waals surface area contributed by atoms with Crippen molar-refractivity contribution >= 4 is 11.6 Å². The molecule has 0 aliphatic heterocycles. The van der Waals surface area contributed by atoms with E-state index in [4.69, 9.17) is 4.98 Å². The van der Waals surface area contributed by atoms with Crippen molar-refractivity contribution in [1.29, 1.82) is 0 Å². The van der Waals surface area contributed by atoms with Gasteiger partial charge in [0.25, 0.3) is 0 Å². The predicted octanol–water partition coefficient (Wildman–Crippen LogP) is 3.27. The summed E-state index contributed by atoms with van der Waals surface area (Å²) in [5.41, 5.74) is 0. The number of rotatable bonds is 7. The number of nitrogens with one attached hydrogen (secondary N) is 1. The molecule has 1 heterocycles. The summed E-state index contributed by atoms with van der Waals surface area (Å²) >= 11 is 0. The summed E-state index contributed by atoms with van der Waals surface area (Å²) in [7, 11) is 1.90. The van der Waals surface area contributed by atoms with Crippen molar-refractivity contribution in [1.82, 2.24) is 9.97 Å². The molecule has 0 aliphatic carbocycles. The number of anilines is 2. The number of hydrogen-bond donors (Lipinski definition) is 1. The van der Waals surface area contributed by atoms with Crippen LogP contribution < -0.4 is 10.2 Å². The van der Waals surface area contributed by atoms with Crippen LogP contribution in [0, 0.1) is 0 Å². The third-order valence-electron chi connectivity index (χ3n) is 2.81. The van der Waals surface area contributed by atoms with Crippen molar-refractivity contribution in [2.24, 2.45) is 0 Å². The van der Waals surface area contributed by atoms with Gasteiger partial charge in [0, 0.05) is 32.1 Å². The molecule has 102 valence electrons. The second-order valence-corrected chi connectivity index (χ2v) is 4.86. The molecule has 0 saturated heterocycles. The quantitative estimate of drug-likeness (QED) is 0.806. The molecule has 0 bridgehead atoms. The molecule has 0 aliphatic rings. The lowest BCUT2D eigenvalue weighted by Crippen LogP contribution is -2.26. The normalized spacial score (nSPS) is 10.8. The zero-order valence-corrected chi connectivity index (χ0v) is 12.3. The summed E-state index contributed by atoms with van der Waals surface area (Å²) in [6.45, 7) is 10.8. The van der Waals surface area contributed by atoms with Gasteiger partial charge in [-0.25, -0.2) is 9.97 Å². The minimum absolute atomic E-state index is 0.349. The van der Waals surface area contributed by atoms with E-state index >= 15 is 0 Å². The van der Waals surface area contributed by atoms with Crippen LogP contribution in [0.4, 0.5) is 11.6 Å². The fourth-order valence-electron chi connectivity index (χ4n) is 1.88. The average Bonchev–Trinajstić information content (AvgIpc) is 2.37. The molecule has 1 rings (SSSR count). The van der Waals surface area contributed by atoms with Gasteiger partial charge in [0.15, 0.2) is 0 Å². The predicted molar refractivity (Wildman–Crippen MR) is 78.5 cm³/mol. The van der Waals surface area contributed by atoms with Crippen molar-refractivity contribution < 1.29 is 0 Å². The number of aromatic nitrogens is 2. The summed E-state index contributed by atoms with van der Waals surface area (Å²) in [4.78, 5) is 11.5. The topological polar surface area (TPSA) is 41.0 Å². The van der Waals surface area contributed by atoms with E-state index in [2.05, 4.69) is 42.9 Å². The van der Waals surface area contributed by atoms with E-state index in [1.54, 1.807) is 0 Å². The zero-order chi connectivity index (χ0) is 13.5. The number of nitrogens with zero attached hydrogens (tertiary/aromatic N) is 3. The van der Waals surface area contributed by atoms with Gasteiger partial charge in [-0.2, -0.15) is 0 Å². The Morgan fingerprint density at radius 1 is 1.17 bits per heavy atom. The molecule has 0 saturated carbocycles. The van der Waals surface area contributed by atoms with Crippen LogP contribution in [-0.2, 0) is 0 Å². The summed E-state index contributed by atoms with van der Waals surface area (Å²) in [5, 5.41) is 3.12. The largest absolute Gasteiger partial charge is 0.373 e. The Morgan fingerprint density at radius 3 is 2.22 bits per heavy atom. The van der Waals surface area contributed by atoms with Crippen molar-refractivity contribution in [2.75, 3.05) is 30.4 Å². The Morgan fingerprint density at radius 2 is 1.78 bits per heavy atom. The lowest BCUT2D eigenvalue weighted by molar-refractivity contribution is 0.714. The molecule has 0 radical (unpaired) electrons. The minimum atomic E-state index is 0.349. The van der Waals surface area contributed by atoms with Crippen LogP contribution in [0.3, 0.4) is 0 Å². The van der Waals surface area contributed by atoms with Crippen molar-refractivity contribution in [3.05, 3.63) is 11.9 Å². The maximum Gasteiger partial charge on any atom is 0.135 e. The Kier molecular flexibility index (Phi) is 5.89. The fraction of sp³-hybridized carbons (Fsp3) is 0.714. The fourth-order valence-corrected chi connectivity index (χ4v) is 1.88. The summed E-state index contributed by atoms with van der Waals surface area (Å²) in [6.07, 6.45) is 2.27. The van der Waals surface area contributed by atoms with Gasteiger partial charge in [-0.1, -0.05) is 27.7 Å². The molecule has 1 aromatic heterocycles. The molecule has 0 unspecified atom stereocenters. The molecule has 0 amide bonds. The number of hydrogen-bond acceptors (Lipinski definition) is 4. The highest BCUT2D eigenvalue weighted by Crippen LogP contribution is 2.20. The van der Waals surface area contributed by atoms with Gasteiger partial charge < -0.3 is 10.2 Å². The lowest BCUT2D eigenvalue weighted by Gasteiger charge is -2.23. The maximum absolute atomic E-state index is 4.69. The van der Waals surface area contributed by atoms with Gasteiger partial charge in [0.2, 0.25) is 0 Å². The van der Waals surface area contributed by atoms with Gasteiger partial charge in [-0.05, 0) is 12.8 Å². The highest BCUT2D eigenvalue weighted by molar-refractivity contribution is 5.49. The van der Waals surface area contributed by atoms with E-state index in [-0.39, 0.29) is 0 Å². The third-order valence-corrected chi connectivity index (χ3v) is 2.81. The van der Waals surface area contributed by atoms with Crippen molar-refractivity contribution in [2.45, 2.75) is 46.5 Å². The van der Waals surface area contributed by atoms with E-state index in [9.17, 15) is 0 Å². The van der Waals surface area contributed by atoms with Gasteiger partial charge in [0.05, 0.1) is 0 Å². The molecule has 0 aromatic carbocycles. The molecule has 0 spiro atoms. The van der Waals surface area contributed by atoms with Crippen LogP contribution >= 0.6 is 0 Å². The minimum Gasteiger partial charge on any atom is -0.373 e. The molecule has 1 aromatic rings. The van der Waals surface area contributed by atoms with E-state index < -0.39 is 0 Å². The first-order valence-electron chi connectivity index (χ1n) is 6.94. The molecule has 0 fully saturated rings. The summed E-state index contributed by atoms with van der Waals surface area (Å²) in [6, 6.07) is 2.04. The van der Waals surface area contributed by atoms with Crippen LogP contribution in [0.15, 0.2) is 6.07 Å². The van der Waals surface area contributed by atoms with Crippen LogP contribution in [0.5, 0.6) is 0 Å². The van der Waals surface area contributed by atoms with Crippen LogP contribution in [-0.4, -0.2) is 30.1 Å². The van der Waals surface area contributed by atoms with Crippen LogP contribution in [0.1, 0.15) is 52.3 Å². The Labute approximate surface area is 111 Å². The molecule has 18 heavy (non-hydrogen) atoms. The van der Waals surface area contributed by atoms with Gasteiger partial charge in [-0.15, -0.1) is 0 Å². The summed E-state index contributed by atoms with van der Waals surface area (Å²) < 4.78 is 0. The van der Waals surface area contributed by atoms with E-state index in [1.807, 2.05) is 13.1 Å². The smallest absolute Gasteiger partial charge is 0.135 e. The molecule has 1 N–H and O–H groups in total. The lowest BCUT2D eigenvalue weighted by atomic mass is 10.2. The molecular weight excluding hydrogens is 224 g/mol. The van der Waals surface area contributed by atoms with Gasteiger partial charge in [-0.3, -0.25) is 0 Å². The Balaban J connectivity index is 3.07. The van der Waals surface area contributed by atoms with Gasteiger partial charge >= 0.3 is 0 Å². The first-order chi connectivity index (χ1) is 8.62. The SMILES string of the molecule is CCCN(CCC)c1cc(NC)nc(C(C)C)n1. The average molecular weight is 250 g/mol. The van der Waals surface area contributed by atoms with E-state index in [0.717, 1.165) is 43.4 Å². The second kappa shape index (κ2) is 7.19. The monoisotopic (exact) mass is 250 g/mol. The van der Waals surface area contributed by atoms with Crippen molar-refractivity contribution in [3.8, 4) is 0 Å². The first-order valence-corrected chi connectivity index (χ1v) is 6.94. The third kappa shape index (κ3) is 3.86. The highest BCUT2D eigenvalue weighted by atomic mass is 15.2. The Hall–Kier alpha value is -1.32. The highest BCUT2D eigenvalue weighted by Gasteiger charge is 2.12. The molecule has 0 atom stereocenters.